The molecule has 0 spiro atoms. The van der Waals surface area contributed by atoms with Crippen molar-refractivity contribution in [3.05, 3.63) is 0 Å². The van der Waals surface area contributed by atoms with Crippen LogP contribution in [0.5, 0.6) is 0 Å². The van der Waals surface area contributed by atoms with Crippen molar-refractivity contribution in [3.63, 3.8) is 0 Å². The summed E-state index contributed by atoms with van der Waals surface area (Å²) < 4.78 is 0. The summed E-state index contributed by atoms with van der Waals surface area (Å²) in [6.45, 7) is 8.16. The normalized spacial score (nSPS) is 37.2. The highest BCUT2D eigenvalue weighted by atomic mass is 15.3. The lowest BCUT2D eigenvalue weighted by atomic mass is 9.87. The van der Waals surface area contributed by atoms with Crippen LogP contribution in [0.25, 0.3) is 0 Å². The summed E-state index contributed by atoms with van der Waals surface area (Å²) in [5.41, 5.74) is 6.53. The number of likely N-dealkylation sites (N-methyl/N-ethyl adjacent to an activating group) is 1. The van der Waals surface area contributed by atoms with E-state index in [0.29, 0.717) is 5.54 Å². The SMILES string of the molecule is CC1CCCC(CN)(N2CCCN(C)CC2)CC1. The molecule has 1 saturated carbocycles. The lowest BCUT2D eigenvalue weighted by molar-refractivity contribution is 0.0815. The van der Waals surface area contributed by atoms with Crippen molar-refractivity contribution in [1.29, 1.82) is 0 Å². The van der Waals surface area contributed by atoms with E-state index in [9.17, 15) is 0 Å². The third-order valence-electron chi connectivity index (χ3n) is 5.21. The summed E-state index contributed by atoms with van der Waals surface area (Å²) >= 11 is 0. The van der Waals surface area contributed by atoms with Gasteiger partial charge in [-0.1, -0.05) is 19.8 Å². The Bertz CT molecular complexity index is 256. The first-order chi connectivity index (χ1) is 8.66. The first-order valence-electron chi connectivity index (χ1n) is 7.80. The van der Waals surface area contributed by atoms with Crippen LogP contribution in [0.3, 0.4) is 0 Å². The summed E-state index contributed by atoms with van der Waals surface area (Å²) in [6.07, 6.45) is 8.06. The predicted molar refractivity (Wildman–Crippen MR) is 77.7 cm³/mol. The van der Waals surface area contributed by atoms with Crippen molar-refractivity contribution < 1.29 is 0 Å². The lowest BCUT2D eigenvalue weighted by Gasteiger charge is -2.43. The lowest BCUT2D eigenvalue weighted by Crippen LogP contribution is -2.54. The maximum atomic E-state index is 6.21. The van der Waals surface area contributed by atoms with Gasteiger partial charge in [0.2, 0.25) is 0 Å². The molecular formula is C15H31N3. The van der Waals surface area contributed by atoms with Gasteiger partial charge in [0.25, 0.3) is 0 Å². The van der Waals surface area contributed by atoms with Gasteiger partial charge >= 0.3 is 0 Å². The highest BCUT2D eigenvalue weighted by molar-refractivity contribution is 4.95. The topological polar surface area (TPSA) is 32.5 Å². The van der Waals surface area contributed by atoms with Gasteiger partial charge in [0.15, 0.2) is 0 Å². The zero-order valence-corrected chi connectivity index (χ0v) is 12.3. The first kappa shape index (κ1) is 14.3. The standard InChI is InChI=1S/C15H31N3/c1-14-5-3-7-15(13-16,8-6-14)18-10-4-9-17(2)11-12-18/h14H,3-13,16H2,1-2H3. The molecule has 2 fully saturated rings. The summed E-state index contributed by atoms with van der Waals surface area (Å²) in [7, 11) is 2.24. The van der Waals surface area contributed by atoms with E-state index in [4.69, 9.17) is 5.73 Å². The van der Waals surface area contributed by atoms with E-state index >= 15 is 0 Å². The zero-order chi connectivity index (χ0) is 13.0. The molecule has 106 valence electrons. The van der Waals surface area contributed by atoms with Gasteiger partial charge in [-0.15, -0.1) is 0 Å². The minimum atomic E-state index is 0.315. The molecule has 0 amide bonds. The Kier molecular flexibility index (Phi) is 5.05. The molecule has 1 aliphatic carbocycles. The monoisotopic (exact) mass is 253 g/mol. The third kappa shape index (κ3) is 3.25. The van der Waals surface area contributed by atoms with E-state index in [-0.39, 0.29) is 0 Å². The second kappa shape index (κ2) is 6.36. The molecule has 2 atom stereocenters. The Morgan fingerprint density at radius 1 is 1.06 bits per heavy atom. The number of nitrogens with two attached hydrogens (primary N) is 1. The van der Waals surface area contributed by atoms with Crippen LogP contribution in [0.15, 0.2) is 0 Å². The van der Waals surface area contributed by atoms with Crippen LogP contribution < -0.4 is 5.73 Å². The molecule has 1 saturated heterocycles. The van der Waals surface area contributed by atoms with Crippen LogP contribution in [-0.2, 0) is 0 Å². The fraction of sp³-hybridized carbons (Fsp3) is 1.00. The van der Waals surface area contributed by atoms with Gasteiger partial charge in [0.05, 0.1) is 0 Å². The van der Waals surface area contributed by atoms with Gasteiger partial charge in [-0.25, -0.2) is 0 Å². The molecule has 0 aromatic carbocycles. The first-order valence-corrected chi connectivity index (χ1v) is 7.80. The Morgan fingerprint density at radius 2 is 1.89 bits per heavy atom. The average molecular weight is 253 g/mol. The zero-order valence-electron chi connectivity index (χ0n) is 12.3. The summed E-state index contributed by atoms with van der Waals surface area (Å²) in [5, 5.41) is 0. The van der Waals surface area contributed by atoms with Crippen molar-refractivity contribution in [3.8, 4) is 0 Å². The number of hydrogen-bond donors (Lipinski definition) is 1. The van der Waals surface area contributed by atoms with Gasteiger partial charge in [-0.05, 0) is 45.2 Å². The molecule has 0 bridgehead atoms. The van der Waals surface area contributed by atoms with Gasteiger partial charge in [0, 0.05) is 31.7 Å². The number of hydrogen-bond acceptors (Lipinski definition) is 3. The van der Waals surface area contributed by atoms with Crippen LogP contribution in [-0.4, -0.2) is 55.1 Å². The van der Waals surface area contributed by atoms with Gasteiger partial charge in [0.1, 0.15) is 0 Å². The summed E-state index contributed by atoms with van der Waals surface area (Å²) in [5.74, 6) is 0.896. The van der Waals surface area contributed by atoms with E-state index in [2.05, 4.69) is 23.8 Å². The van der Waals surface area contributed by atoms with Crippen molar-refractivity contribution in [2.45, 2.75) is 51.0 Å². The maximum absolute atomic E-state index is 6.21. The molecule has 3 heteroatoms. The van der Waals surface area contributed by atoms with Crippen LogP contribution in [0.4, 0.5) is 0 Å². The molecule has 2 aliphatic rings. The predicted octanol–water partition coefficient (Wildman–Crippen LogP) is 1.92. The fourth-order valence-electron chi connectivity index (χ4n) is 3.73. The second-order valence-corrected chi connectivity index (χ2v) is 6.61. The molecule has 0 radical (unpaired) electrons. The van der Waals surface area contributed by atoms with E-state index in [0.717, 1.165) is 12.5 Å². The van der Waals surface area contributed by atoms with E-state index < -0.39 is 0 Å². The van der Waals surface area contributed by atoms with Gasteiger partial charge < -0.3 is 10.6 Å². The minimum Gasteiger partial charge on any atom is -0.329 e. The minimum absolute atomic E-state index is 0.315. The van der Waals surface area contributed by atoms with Crippen LogP contribution >= 0.6 is 0 Å². The largest absolute Gasteiger partial charge is 0.329 e. The molecule has 2 unspecified atom stereocenters. The van der Waals surface area contributed by atoms with Crippen LogP contribution in [0.2, 0.25) is 0 Å². The third-order valence-corrected chi connectivity index (χ3v) is 5.21. The fourth-order valence-corrected chi connectivity index (χ4v) is 3.73. The van der Waals surface area contributed by atoms with E-state index in [1.807, 2.05) is 0 Å². The Balaban J connectivity index is 2.05. The molecule has 18 heavy (non-hydrogen) atoms. The average Bonchev–Trinajstić information content (AvgIpc) is 2.69. The summed E-state index contributed by atoms with van der Waals surface area (Å²) in [6, 6.07) is 0. The van der Waals surface area contributed by atoms with Crippen molar-refractivity contribution in [2.75, 3.05) is 39.8 Å². The van der Waals surface area contributed by atoms with E-state index in [1.54, 1.807) is 0 Å². The second-order valence-electron chi connectivity index (χ2n) is 6.61. The molecular weight excluding hydrogens is 222 g/mol. The number of nitrogens with zero attached hydrogens (tertiary/aromatic N) is 2. The van der Waals surface area contributed by atoms with Gasteiger partial charge in [-0.3, -0.25) is 4.90 Å². The molecule has 0 aromatic heterocycles. The van der Waals surface area contributed by atoms with Crippen molar-refractivity contribution in [1.82, 2.24) is 9.80 Å². The Hall–Kier alpha value is -0.120. The quantitative estimate of drug-likeness (QED) is 0.763. The maximum Gasteiger partial charge on any atom is 0.0332 e. The molecule has 2 N–H and O–H groups in total. The molecule has 3 nitrogen and oxygen atoms in total. The van der Waals surface area contributed by atoms with E-state index in [1.165, 1.54) is 64.7 Å². The molecule has 0 aromatic rings. The van der Waals surface area contributed by atoms with Crippen molar-refractivity contribution >= 4 is 0 Å². The smallest absolute Gasteiger partial charge is 0.0332 e. The molecule has 2 rings (SSSR count). The highest BCUT2D eigenvalue weighted by Crippen LogP contribution is 2.34. The highest BCUT2D eigenvalue weighted by Gasteiger charge is 2.37. The number of rotatable bonds is 2. The molecule has 1 heterocycles. The molecule has 1 aliphatic heterocycles. The van der Waals surface area contributed by atoms with Crippen LogP contribution in [0, 0.1) is 5.92 Å². The van der Waals surface area contributed by atoms with Crippen LogP contribution in [0.1, 0.15) is 45.4 Å². The Morgan fingerprint density at radius 3 is 2.67 bits per heavy atom. The van der Waals surface area contributed by atoms with Gasteiger partial charge in [-0.2, -0.15) is 0 Å². The summed E-state index contributed by atoms with van der Waals surface area (Å²) in [4.78, 5) is 5.19. The van der Waals surface area contributed by atoms with Crippen molar-refractivity contribution in [2.24, 2.45) is 11.7 Å². The Labute approximate surface area is 113 Å².